The number of hydrogen-bond acceptors (Lipinski definition) is 7. The molecule has 32 heavy (non-hydrogen) atoms. The Bertz CT molecular complexity index is 1160. The smallest absolute Gasteiger partial charge is 0.262 e. The number of rotatable bonds is 3. The van der Waals surface area contributed by atoms with Crippen molar-refractivity contribution in [3.8, 4) is 5.75 Å². The van der Waals surface area contributed by atoms with Crippen molar-refractivity contribution in [1.29, 1.82) is 0 Å². The minimum atomic E-state index is -0.977. The molecule has 2 aromatic rings. The highest BCUT2D eigenvalue weighted by Gasteiger charge is 2.45. The van der Waals surface area contributed by atoms with Crippen molar-refractivity contribution in [2.75, 3.05) is 18.9 Å². The molecule has 3 aliphatic rings. The number of nitrogens with one attached hydrogen (secondary N) is 1. The first-order valence-electron chi connectivity index (χ1n) is 10.5. The largest absolute Gasteiger partial charge is 0.492 e. The lowest BCUT2D eigenvalue weighted by atomic mass is 10.0. The summed E-state index contributed by atoms with van der Waals surface area (Å²) in [6, 6.07) is 9.72. The summed E-state index contributed by atoms with van der Waals surface area (Å²) in [4.78, 5) is 53.2. The monoisotopic (exact) mass is 434 g/mol. The van der Waals surface area contributed by atoms with E-state index in [4.69, 9.17) is 10.5 Å². The van der Waals surface area contributed by atoms with Crippen LogP contribution in [0.5, 0.6) is 5.75 Å². The fourth-order valence-corrected chi connectivity index (χ4v) is 4.56. The van der Waals surface area contributed by atoms with Crippen LogP contribution in [0.2, 0.25) is 0 Å². The van der Waals surface area contributed by atoms with Gasteiger partial charge in [0.2, 0.25) is 11.8 Å². The van der Waals surface area contributed by atoms with E-state index in [-0.39, 0.29) is 18.4 Å². The van der Waals surface area contributed by atoms with Crippen LogP contribution in [0.3, 0.4) is 0 Å². The van der Waals surface area contributed by atoms with E-state index in [9.17, 15) is 19.2 Å². The summed E-state index contributed by atoms with van der Waals surface area (Å²) in [6.07, 6.45) is 0.222. The normalized spacial score (nSPS) is 21.0. The predicted molar refractivity (Wildman–Crippen MR) is 114 cm³/mol. The average molecular weight is 434 g/mol. The van der Waals surface area contributed by atoms with Gasteiger partial charge in [0.1, 0.15) is 18.4 Å². The molecular weight excluding hydrogens is 412 g/mol. The third kappa shape index (κ3) is 3.40. The molecule has 9 nitrogen and oxygen atoms in total. The molecule has 9 heteroatoms. The third-order valence-corrected chi connectivity index (χ3v) is 6.09. The maximum absolute atomic E-state index is 13.3. The van der Waals surface area contributed by atoms with Gasteiger partial charge in [-0.2, -0.15) is 0 Å². The zero-order valence-corrected chi connectivity index (χ0v) is 17.3. The van der Waals surface area contributed by atoms with Crippen LogP contribution in [-0.2, 0) is 22.7 Å². The van der Waals surface area contributed by atoms with Crippen LogP contribution in [0.4, 0.5) is 5.69 Å². The van der Waals surface area contributed by atoms with Crippen LogP contribution < -0.4 is 15.8 Å². The van der Waals surface area contributed by atoms with E-state index in [1.165, 1.54) is 0 Å². The fraction of sp³-hybridized carbons (Fsp3) is 0.304. The van der Waals surface area contributed by atoms with Gasteiger partial charge in [0, 0.05) is 37.3 Å². The minimum Gasteiger partial charge on any atom is -0.492 e. The first-order valence-corrected chi connectivity index (χ1v) is 10.5. The molecule has 0 aliphatic carbocycles. The highest BCUT2D eigenvalue weighted by Crippen LogP contribution is 2.32. The van der Waals surface area contributed by atoms with Gasteiger partial charge in [-0.05, 0) is 36.2 Å². The standard InChI is InChI=1S/C23H22N4O5/c24-15-4-6-18-14(10-15)12-26(8-9-32-18)11-13-2-1-3-16-20(13)23(31)27(22(16)30)17-5-7-19(28)25-21(17)29/h1-4,6,10,17H,5,7-9,11-12,24H2,(H,25,28,29). The molecule has 1 saturated heterocycles. The van der Waals surface area contributed by atoms with Crippen molar-refractivity contribution in [3.63, 3.8) is 0 Å². The highest BCUT2D eigenvalue weighted by molar-refractivity contribution is 6.24. The fourth-order valence-electron chi connectivity index (χ4n) is 4.56. The molecule has 0 spiro atoms. The molecule has 3 aliphatic heterocycles. The van der Waals surface area contributed by atoms with Gasteiger partial charge in [-0.25, -0.2) is 0 Å². The highest BCUT2D eigenvalue weighted by atomic mass is 16.5. The second kappa shape index (κ2) is 7.76. The second-order valence-corrected chi connectivity index (χ2v) is 8.21. The Labute approximate surface area is 184 Å². The van der Waals surface area contributed by atoms with E-state index in [0.29, 0.717) is 43.1 Å². The van der Waals surface area contributed by atoms with Crippen molar-refractivity contribution < 1.29 is 23.9 Å². The summed E-state index contributed by atoms with van der Waals surface area (Å²) in [7, 11) is 0. The van der Waals surface area contributed by atoms with Crippen LogP contribution >= 0.6 is 0 Å². The summed E-state index contributed by atoms with van der Waals surface area (Å²) in [5, 5.41) is 2.22. The van der Waals surface area contributed by atoms with Gasteiger partial charge in [0.05, 0.1) is 11.1 Å². The van der Waals surface area contributed by atoms with Crippen LogP contribution in [-0.4, -0.2) is 52.6 Å². The number of carbonyl (C=O) groups is 4. The Morgan fingerprint density at radius 3 is 2.75 bits per heavy atom. The average Bonchev–Trinajstić information content (AvgIpc) is 2.89. The molecule has 1 atom stereocenters. The Morgan fingerprint density at radius 2 is 1.94 bits per heavy atom. The lowest BCUT2D eigenvalue weighted by Gasteiger charge is -2.28. The molecule has 0 bridgehead atoms. The Hall–Kier alpha value is -3.72. The van der Waals surface area contributed by atoms with Crippen molar-refractivity contribution in [2.24, 2.45) is 0 Å². The topological polar surface area (TPSA) is 122 Å². The number of imide groups is 2. The Balaban J connectivity index is 1.42. The molecule has 1 unspecified atom stereocenters. The first kappa shape index (κ1) is 20.2. The second-order valence-electron chi connectivity index (χ2n) is 8.21. The quantitative estimate of drug-likeness (QED) is 0.547. The maximum atomic E-state index is 13.3. The van der Waals surface area contributed by atoms with Crippen LogP contribution in [0.15, 0.2) is 36.4 Å². The van der Waals surface area contributed by atoms with Gasteiger partial charge in [0.25, 0.3) is 11.8 Å². The van der Waals surface area contributed by atoms with Gasteiger partial charge >= 0.3 is 0 Å². The predicted octanol–water partition coefficient (Wildman–Crippen LogP) is 1.06. The molecule has 0 radical (unpaired) electrons. The number of carbonyl (C=O) groups excluding carboxylic acids is 4. The number of nitrogens with zero attached hydrogens (tertiary/aromatic N) is 2. The molecule has 0 saturated carbocycles. The molecule has 3 N–H and O–H groups in total. The SMILES string of the molecule is Nc1ccc2c(c1)CN(Cc1cccc3c1C(=O)N(C1CCC(=O)NC1=O)C3=O)CCO2. The number of amides is 4. The van der Waals surface area contributed by atoms with Gasteiger partial charge in [-0.1, -0.05) is 12.1 Å². The zero-order chi connectivity index (χ0) is 22.4. The van der Waals surface area contributed by atoms with Crippen LogP contribution in [0.1, 0.15) is 44.7 Å². The molecule has 2 aromatic carbocycles. The number of fused-ring (bicyclic) bond motifs is 2. The van der Waals surface area contributed by atoms with E-state index in [2.05, 4.69) is 10.2 Å². The molecule has 1 fully saturated rings. The van der Waals surface area contributed by atoms with E-state index >= 15 is 0 Å². The number of benzene rings is 2. The molecule has 5 rings (SSSR count). The van der Waals surface area contributed by atoms with Gasteiger partial charge in [0.15, 0.2) is 0 Å². The minimum absolute atomic E-state index is 0.0903. The van der Waals surface area contributed by atoms with Gasteiger partial charge in [-0.3, -0.25) is 34.3 Å². The van der Waals surface area contributed by atoms with Crippen LogP contribution in [0.25, 0.3) is 0 Å². The van der Waals surface area contributed by atoms with E-state index in [1.54, 1.807) is 18.2 Å². The molecule has 0 aromatic heterocycles. The van der Waals surface area contributed by atoms with Crippen molar-refractivity contribution in [2.45, 2.75) is 32.0 Å². The first-order chi connectivity index (χ1) is 15.4. The molecule has 164 valence electrons. The summed E-state index contributed by atoms with van der Waals surface area (Å²) in [5.74, 6) is -1.22. The van der Waals surface area contributed by atoms with Crippen molar-refractivity contribution >= 4 is 29.3 Å². The number of ether oxygens (including phenoxy) is 1. The van der Waals surface area contributed by atoms with Crippen molar-refractivity contribution in [3.05, 3.63) is 58.7 Å². The van der Waals surface area contributed by atoms with Crippen LogP contribution in [0, 0.1) is 0 Å². The number of nitrogens with two attached hydrogens (primary N) is 1. The summed E-state index contributed by atoms with van der Waals surface area (Å²) >= 11 is 0. The molecule has 3 heterocycles. The Kier molecular flexibility index (Phi) is 4.90. The number of piperidine rings is 1. The Morgan fingerprint density at radius 1 is 1.09 bits per heavy atom. The maximum Gasteiger partial charge on any atom is 0.262 e. The molecule has 4 amide bonds. The lowest BCUT2D eigenvalue weighted by molar-refractivity contribution is -0.136. The van der Waals surface area contributed by atoms with Crippen molar-refractivity contribution in [1.82, 2.24) is 15.1 Å². The number of nitrogen functional groups attached to an aromatic ring is 1. The van der Waals surface area contributed by atoms with E-state index in [1.807, 2.05) is 18.2 Å². The summed E-state index contributed by atoms with van der Waals surface area (Å²) in [6.45, 7) is 2.14. The zero-order valence-electron chi connectivity index (χ0n) is 17.3. The number of hydrogen-bond donors (Lipinski definition) is 2. The van der Waals surface area contributed by atoms with E-state index < -0.39 is 29.7 Å². The molecular formula is C23H22N4O5. The van der Waals surface area contributed by atoms with Gasteiger partial charge in [-0.15, -0.1) is 0 Å². The summed E-state index contributed by atoms with van der Waals surface area (Å²) in [5.41, 5.74) is 8.85. The summed E-state index contributed by atoms with van der Waals surface area (Å²) < 4.78 is 5.82. The number of anilines is 1. The van der Waals surface area contributed by atoms with E-state index in [0.717, 1.165) is 16.2 Å². The lowest BCUT2D eigenvalue weighted by Crippen LogP contribution is -2.54. The van der Waals surface area contributed by atoms with Gasteiger partial charge < -0.3 is 10.5 Å². The third-order valence-electron chi connectivity index (χ3n) is 6.09.